The highest BCUT2D eigenvalue weighted by Crippen LogP contribution is 2.43. The number of hydrogen-bond acceptors (Lipinski definition) is 6. The number of nitrogens with zero attached hydrogens (tertiary/aromatic N) is 2. The summed E-state index contributed by atoms with van der Waals surface area (Å²) >= 11 is 3.87. The Morgan fingerprint density at radius 1 is 1.14 bits per heavy atom. The summed E-state index contributed by atoms with van der Waals surface area (Å²) in [6.45, 7) is -0.338. The van der Waals surface area contributed by atoms with E-state index in [0.29, 0.717) is 23.0 Å². The molecule has 3 rings (SSSR count). The van der Waals surface area contributed by atoms with E-state index in [9.17, 15) is 14.9 Å². The molecule has 0 aromatic heterocycles. The SMILES string of the molecule is CN(C(=O)COC(=O)c1ccc(C2SCCCS2)cc1)C1(C#N)CCCCC1. The van der Waals surface area contributed by atoms with Crippen LogP contribution in [0.1, 0.15) is 59.0 Å². The molecule has 150 valence electrons. The van der Waals surface area contributed by atoms with Crippen molar-refractivity contribution in [3.8, 4) is 6.07 Å². The Kier molecular flexibility index (Phi) is 7.30. The topological polar surface area (TPSA) is 70.4 Å². The highest BCUT2D eigenvalue weighted by molar-refractivity contribution is 8.16. The predicted octanol–water partition coefficient (Wildman–Crippen LogP) is 4.40. The van der Waals surface area contributed by atoms with Crippen LogP contribution in [-0.2, 0) is 9.53 Å². The molecule has 5 nitrogen and oxygen atoms in total. The number of likely N-dealkylation sites (N-methyl/N-ethyl adjacent to an activating group) is 1. The van der Waals surface area contributed by atoms with E-state index in [-0.39, 0.29) is 12.5 Å². The van der Waals surface area contributed by atoms with E-state index in [2.05, 4.69) is 6.07 Å². The summed E-state index contributed by atoms with van der Waals surface area (Å²) in [7, 11) is 1.64. The van der Waals surface area contributed by atoms with Gasteiger partial charge in [-0.05, 0) is 48.5 Å². The first kappa shape index (κ1) is 21.1. The molecule has 28 heavy (non-hydrogen) atoms. The van der Waals surface area contributed by atoms with Crippen LogP contribution in [0.4, 0.5) is 0 Å². The van der Waals surface area contributed by atoms with Crippen molar-refractivity contribution in [1.82, 2.24) is 4.90 Å². The molecule has 1 aliphatic carbocycles. The third-order valence-corrected chi connectivity index (χ3v) is 8.49. The van der Waals surface area contributed by atoms with Crippen molar-refractivity contribution in [2.45, 2.75) is 48.6 Å². The number of ether oxygens (including phenoxy) is 1. The lowest BCUT2D eigenvalue weighted by molar-refractivity contribution is -0.138. The Balaban J connectivity index is 1.54. The van der Waals surface area contributed by atoms with Crippen molar-refractivity contribution in [3.05, 3.63) is 35.4 Å². The number of benzene rings is 1. The van der Waals surface area contributed by atoms with Gasteiger partial charge < -0.3 is 9.64 Å². The van der Waals surface area contributed by atoms with Gasteiger partial charge in [0, 0.05) is 7.05 Å². The minimum Gasteiger partial charge on any atom is -0.452 e. The Bertz CT molecular complexity index is 733. The van der Waals surface area contributed by atoms with Crippen molar-refractivity contribution in [3.63, 3.8) is 0 Å². The lowest BCUT2D eigenvalue weighted by Crippen LogP contribution is -2.51. The number of hydrogen-bond donors (Lipinski definition) is 0. The molecule has 2 aliphatic rings. The van der Waals surface area contributed by atoms with Crippen molar-refractivity contribution in [2.75, 3.05) is 25.2 Å². The number of thioether (sulfide) groups is 2. The van der Waals surface area contributed by atoms with Gasteiger partial charge in [0.25, 0.3) is 5.91 Å². The maximum absolute atomic E-state index is 12.5. The third kappa shape index (κ3) is 4.84. The predicted molar refractivity (Wildman–Crippen MR) is 113 cm³/mol. The van der Waals surface area contributed by atoms with Crippen LogP contribution in [0.5, 0.6) is 0 Å². The first-order valence-corrected chi connectivity index (χ1v) is 11.8. The summed E-state index contributed by atoms with van der Waals surface area (Å²) in [6, 6.07) is 9.77. The Morgan fingerprint density at radius 2 is 1.79 bits per heavy atom. The molecule has 0 N–H and O–H groups in total. The van der Waals surface area contributed by atoms with Crippen LogP contribution < -0.4 is 0 Å². The van der Waals surface area contributed by atoms with Gasteiger partial charge in [0.1, 0.15) is 5.54 Å². The summed E-state index contributed by atoms with van der Waals surface area (Å²) in [5.41, 5.74) is 0.881. The maximum Gasteiger partial charge on any atom is 0.338 e. The third-order valence-electron chi connectivity index (χ3n) is 5.48. The normalized spacial score (nSPS) is 19.4. The first-order chi connectivity index (χ1) is 13.6. The molecule has 0 unspecified atom stereocenters. The van der Waals surface area contributed by atoms with E-state index in [1.807, 2.05) is 35.7 Å². The van der Waals surface area contributed by atoms with E-state index < -0.39 is 11.5 Å². The van der Waals surface area contributed by atoms with Crippen LogP contribution in [0, 0.1) is 11.3 Å². The molecule has 2 fully saturated rings. The molecule has 0 bridgehead atoms. The molecule has 1 saturated carbocycles. The number of carbonyl (C=O) groups is 2. The van der Waals surface area contributed by atoms with Crippen LogP contribution in [0.3, 0.4) is 0 Å². The lowest BCUT2D eigenvalue weighted by atomic mass is 9.81. The van der Waals surface area contributed by atoms with Gasteiger partial charge in [-0.3, -0.25) is 4.79 Å². The molecule has 0 atom stereocenters. The van der Waals surface area contributed by atoms with Gasteiger partial charge in [-0.15, -0.1) is 23.5 Å². The second kappa shape index (κ2) is 9.71. The van der Waals surface area contributed by atoms with Crippen LogP contribution in [0.2, 0.25) is 0 Å². The minimum absolute atomic E-state index is 0.330. The molecule has 0 radical (unpaired) electrons. The van der Waals surface area contributed by atoms with Crippen LogP contribution in [0.15, 0.2) is 24.3 Å². The first-order valence-electron chi connectivity index (χ1n) is 9.74. The van der Waals surface area contributed by atoms with Gasteiger partial charge in [-0.1, -0.05) is 31.4 Å². The second-order valence-electron chi connectivity index (χ2n) is 7.28. The van der Waals surface area contributed by atoms with Gasteiger partial charge in [0.05, 0.1) is 16.2 Å². The second-order valence-corrected chi connectivity index (χ2v) is 10.0. The molecule has 1 saturated heterocycles. The van der Waals surface area contributed by atoms with Gasteiger partial charge in [-0.2, -0.15) is 5.26 Å². The van der Waals surface area contributed by atoms with E-state index in [1.54, 1.807) is 19.2 Å². The highest BCUT2D eigenvalue weighted by Gasteiger charge is 2.39. The Hall–Kier alpha value is -1.65. The number of esters is 1. The van der Waals surface area contributed by atoms with Gasteiger partial charge in [0.2, 0.25) is 0 Å². The molecular weight excluding hydrogens is 392 g/mol. The van der Waals surface area contributed by atoms with E-state index >= 15 is 0 Å². The lowest BCUT2D eigenvalue weighted by Gasteiger charge is -2.38. The molecule has 0 spiro atoms. The number of nitriles is 1. The number of amides is 1. The quantitative estimate of drug-likeness (QED) is 0.660. The molecule has 1 aromatic rings. The van der Waals surface area contributed by atoms with Crippen molar-refractivity contribution < 1.29 is 14.3 Å². The van der Waals surface area contributed by atoms with Crippen LogP contribution in [-0.4, -0.2) is 47.5 Å². The molecule has 1 amide bonds. The molecule has 7 heteroatoms. The molecular formula is C21H26N2O3S2. The zero-order chi connectivity index (χ0) is 20.0. The summed E-state index contributed by atoms with van der Waals surface area (Å²) in [6.07, 6.45) is 5.57. The number of rotatable bonds is 5. The minimum atomic E-state index is -0.765. The van der Waals surface area contributed by atoms with E-state index in [0.717, 1.165) is 19.3 Å². The summed E-state index contributed by atoms with van der Waals surface area (Å²) in [4.78, 5) is 26.3. The average molecular weight is 419 g/mol. The molecule has 1 aromatic carbocycles. The van der Waals surface area contributed by atoms with Crippen molar-refractivity contribution in [1.29, 1.82) is 5.26 Å². The fraction of sp³-hybridized carbons (Fsp3) is 0.571. The summed E-state index contributed by atoms with van der Waals surface area (Å²) in [5, 5.41) is 9.59. The van der Waals surface area contributed by atoms with Crippen LogP contribution >= 0.6 is 23.5 Å². The van der Waals surface area contributed by atoms with Crippen molar-refractivity contribution >= 4 is 35.4 Å². The standard InChI is InChI=1S/C21H26N2O3S2/c1-23(21(15-22)10-3-2-4-11-21)18(24)14-26-19(25)16-6-8-17(9-7-16)20-27-12-5-13-28-20/h6-9,20H,2-5,10-14H2,1H3. The van der Waals surface area contributed by atoms with Gasteiger partial charge in [-0.25, -0.2) is 4.79 Å². The van der Waals surface area contributed by atoms with Crippen molar-refractivity contribution in [2.24, 2.45) is 0 Å². The Morgan fingerprint density at radius 3 is 2.39 bits per heavy atom. The largest absolute Gasteiger partial charge is 0.452 e. The monoisotopic (exact) mass is 418 g/mol. The summed E-state index contributed by atoms with van der Waals surface area (Å²) < 4.78 is 5.65. The zero-order valence-corrected chi connectivity index (χ0v) is 17.8. The van der Waals surface area contributed by atoms with E-state index in [4.69, 9.17) is 4.74 Å². The van der Waals surface area contributed by atoms with Gasteiger partial charge >= 0.3 is 5.97 Å². The Labute approximate surface area is 175 Å². The zero-order valence-electron chi connectivity index (χ0n) is 16.2. The fourth-order valence-corrected chi connectivity index (χ4v) is 6.56. The highest BCUT2D eigenvalue weighted by atomic mass is 32.2. The van der Waals surface area contributed by atoms with Gasteiger partial charge in [0.15, 0.2) is 6.61 Å². The average Bonchev–Trinajstić information content (AvgIpc) is 2.77. The van der Waals surface area contributed by atoms with Crippen LogP contribution in [0.25, 0.3) is 0 Å². The fourth-order valence-electron chi connectivity index (χ4n) is 3.66. The smallest absolute Gasteiger partial charge is 0.338 e. The molecule has 1 aliphatic heterocycles. The molecule has 1 heterocycles. The summed E-state index contributed by atoms with van der Waals surface area (Å²) in [5.74, 6) is 1.50. The number of carbonyl (C=O) groups excluding carboxylic acids is 2. The maximum atomic E-state index is 12.5. The van der Waals surface area contributed by atoms with E-state index in [1.165, 1.54) is 28.4 Å².